The van der Waals surface area contributed by atoms with Gasteiger partial charge in [0.25, 0.3) is 15.5 Å². The summed E-state index contributed by atoms with van der Waals surface area (Å²) in [5.74, 6) is -1.05. The summed E-state index contributed by atoms with van der Waals surface area (Å²) in [6, 6.07) is 0.265. The minimum Gasteiger partial charge on any atom is -0.358 e. The zero-order valence-electron chi connectivity index (χ0n) is 7.69. The van der Waals surface area contributed by atoms with Gasteiger partial charge in [-0.05, 0) is 4.92 Å². The van der Waals surface area contributed by atoms with Gasteiger partial charge in [0.1, 0.15) is 0 Å². The van der Waals surface area contributed by atoms with Gasteiger partial charge in [-0.2, -0.15) is 0 Å². The van der Waals surface area contributed by atoms with Gasteiger partial charge < -0.3 is 10.1 Å². The zero-order valence-corrected chi connectivity index (χ0v) is 9.26. The molecule has 0 atom stereocenters. The highest BCUT2D eigenvalue weighted by molar-refractivity contribution is 8.13. The predicted molar refractivity (Wildman–Crippen MR) is 51.7 cm³/mol. The molecule has 1 heterocycles. The van der Waals surface area contributed by atoms with Gasteiger partial charge in [-0.15, -0.1) is 0 Å². The fourth-order valence-electron chi connectivity index (χ4n) is 1.06. The summed E-state index contributed by atoms with van der Waals surface area (Å²) < 4.78 is 46.7. The van der Waals surface area contributed by atoms with E-state index in [1.165, 1.54) is 0 Å². The van der Waals surface area contributed by atoms with E-state index in [1.54, 1.807) is 4.98 Å². The van der Waals surface area contributed by atoms with Crippen molar-refractivity contribution >= 4 is 25.6 Å². The molecule has 1 N–H and O–H groups in total. The van der Waals surface area contributed by atoms with Crippen molar-refractivity contribution in [3.63, 3.8) is 0 Å². The van der Waals surface area contributed by atoms with Crippen molar-refractivity contribution in [2.45, 2.75) is 11.3 Å². The first-order valence-corrected chi connectivity index (χ1v) is 6.10. The number of rotatable bonds is 3. The Kier molecular flexibility index (Phi) is 3.48. The Morgan fingerprint density at radius 2 is 2.00 bits per heavy atom. The topological polar surface area (TPSA) is 110 Å². The van der Waals surface area contributed by atoms with Crippen LogP contribution in [0.15, 0.2) is 15.8 Å². The first-order chi connectivity index (χ1) is 7.64. The van der Waals surface area contributed by atoms with Crippen LogP contribution in [0.25, 0.3) is 0 Å². The van der Waals surface area contributed by atoms with Crippen LogP contribution in [0.2, 0.25) is 0 Å². The number of nitrogens with zero attached hydrogens (tertiary/aromatic N) is 1. The normalized spacial score (nSPS) is 11.8. The molecule has 0 fully saturated rings. The van der Waals surface area contributed by atoms with Crippen molar-refractivity contribution in [3.05, 3.63) is 32.1 Å². The number of hydrogen-bond acceptors (Lipinski definition) is 5. The lowest BCUT2D eigenvalue weighted by atomic mass is 10.3. The molecule has 7 nitrogen and oxygen atoms in total. The van der Waals surface area contributed by atoms with Crippen LogP contribution in [-0.2, 0) is 9.05 Å². The van der Waals surface area contributed by atoms with Gasteiger partial charge in [-0.1, -0.05) is 0 Å². The van der Waals surface area contributed by atoms with Crippen molar-refractivity contribution in [1.82, 2.24) is 4.98 Å². The number of nitro groups is 1. The molecular formula is C6H3ClF2N2O5S. The van der Waals surface area contributed by atoms with Gasteiger partial charge in [-0.25, -0.2) is 22.2 Å². The molecule has 0 amide bonds. The molecule has 0 aliphatic carbocycles. The van der Waals surface area contributed by atoms with Gasteiger partial charge in [0.05, 0.1) is 6.07 Å². The Morgan fingerprint density at radius 3 is 2.35 bits per heavy atom. The summed E-state index contributed by atoms with van der Waals surface area (Å²) in [5, 5.41) is 10.3. The standard InChI is InChI=1S/C6H3ClF2N2O5S/c7-17(15,16)5-2(12)1-3(11(13)14)10-4(5)6(8)9/h1,6H,(H,10,12). The number of aromatic nitrogens is 1. The summed E-state index contributed by atoms with van der Waals surface area (Å²) >= 11 is 0. The maximum Gasteiger partial charge on any atom is 0.325 e. The summed E-state index contributed by atoms with van der Waals surface area (Å²) in [6.07, 6.45) is -3.42. The molecule has 0 aromatic carbocycles. The number of pyridine rings is 1. The van der Waals surface area contributed by atoms with Crippen molar-refractivity contribution in [1.29, 1.82) is 0 Å². The highest BCUT2D eigenvalue weighted by atomic mass is 35.7. The third kappa shape index (κ3) is 2.77. The first-order valence-electron chi connectivity index (χ1n) is 3.79. The Bertz CT molecular complexity index is 626. The van der Waals surface area contributed by atoms with Crippen molar-refractivity contribution in [3.8, 4) is 0 Å². The van der Waals surface area contributed by atoms with Crippen molar-refractivity contribution < 1.29 is 22.1 Å². The van der Waals surface area contributed by atoms with Crippen LogP contribution in [0.4, 0.5) is 14.6 Å². The molecule has 1 aromatic heterocycles. The SMILES string of the molecule is O=c1cc([N+](=O)[O-])[nH]c(C(F)F)c1S(=O)(=O)Cl. The van der Waals surface area contributed by atoms with Gasteiger partial charge in [0.2, 0.25) is 5.43 Å². The number of hydrogen-bond donors (Lipinski definition) is 1. The Balaban J connectivity index is 3.74. The van der Waals surface area contributed by atoms with Crippen LogP contribution in [0.3, 0.4) is 0 Å². The van der Waals surface area contributed by atoms with E-state index in [0.29, 0.717) is 0 Å². The molecule has 1 aromatic rings. The number of aromatic amines is 1. The van der Waals surface area contributed by atoms with E-state index >= 15 is 0 Å². The van der Waals surface area contributed by atoms with Gasteiger partial charge >= 0.3 is 5.82 Å². The molecule has 0 aliphatic rings. The number of alkyl halides is 2. The van der Waals surface area contributed by atoms with Crippen LogP contribution in [0.5, 0.6) is 0 Å². The number of halogens is 3. The number of nitrogens with one attached hydrogen (secondary N) is 1. The van der Waals surface area contributed by atoms with Crippen molar-refractivity contribution in [2.75, 3.05) is 0 Å². The zero-order chi connectivity index (χ0) is 13.4. The van der Waals surface area contributed by atoms with Crippen LogP contribution < -0.4 is 5.43 Å². The second-order valence-electron chi connectivity index (χ2n) is 2.76. The maximum absolute atomic E-state index is 12.5. The smallest absolute Gasteiger partial charge is 0.325 e. The molecule has 94 valence electrons. The van der Waals surface area contributed by atoms with E-state index in [9.17, 15) is 32.1 Å². The van der Waals surface area contributed by atoms with E-state index in [0.717, 1.165) is 0 Å². The predicted octanol–water partition coefficient (Wildman–Crippen LogP) is 1.15. The molecule has 0 saturated heterocycles. The largest absolute Gasteiger partial charge is 0.358 e. The molecular weight excluding hydrogens is 286 g/mol. The van der Waals surface area contributed by atoms with E-state index in [1.807, 2.05) is 0 Å². The van der Waals surface area contributed by atoms with Crippen LogP contribution in [0, 0.1) is 10.1 Å². The Labute approximate surface area is 96.6 Å². The van der Waals surface area contributed by atoms with Crippen molar-refractivity contribution in [2.24, 2.45) is 0 Å². The minimum absolute atomic E-state index is 0.265. The minimum atomic E-state index is -4.73. The Morgan fingerprint density at radius 1 is 1.47 bits per heavy atom. The van der Waals surface area contributed by atoms with E-state index in [4.69, 9.17) is 10.7 Å². The van der Waals surface area contributed by atoms with Crippen LogP contribution >= 0.6 is 10.7 Å². The summed E-state index contributed by atoms with van der Waals surface area (Å²) in [6.45, 7) is 0. The second-order valence-corrected chi connectivity index (χ2v) is 5.26. The molecule has 0 radical (unpaired) electrons. The maximum atomic E-state index is 12.5. The molecule has 17 heavy (non-hydrogen) atoms. The lowest BCUT2D eigenvalue weighted by molar-refractivity contribution is -0.389. The van der Waals surface area contributed by atoms with Crippen LogP contribution in [-0.4, -0.2) is 18.3 Å². The highest BCUT2D eigenvalue weighted by Gasteiger charge is 2.30. The summed E-state index contributed by atoms with van der Waals surface area (Å²) in [7, 11) is 0.0683. The van der Waals surface area contributed by atoms with Gasteiger partial charge in [-0.3, -0.25) is 4.79 Å². The van der Waals surface area contributed by atoms with E-state index in [-0.39, 0.29) is 6.07 Å². The average molecular weight is 289 g/mol. The molecule has 1 rings (SSSR count). The number of H-pyrrole nitrogens is 1. The molecule has 0 aliphatic heterocycles. The lowest BCUT2D eigenvalue weighted by Crippen LogP contribution is -2.17. The highest BCUT2D eigenvalue weighted by Crippen LogP contribution is 2.25. The van der Waals surface area contributed by atoms with E-state index in [2.05, 4.69) is 0 Å². The molecule has 11 heteroatoms. The summed E-state index contributed by atoms with van der Waals surface area (Å²) in [4.78, 5) is 20.5. The monoisotopic (exact) mass is 288 g/mol. The molecule has 0 saturated carbocycles. The average Bonchev–Trinajstić information content (AvgIpc) is 2.13. The molecule has 0 unspecified atom stereocenters. The fraction of sp³-hybridized carbons (Fsp3) is 0.167. The third-order valence-corrected chi connectivity index (χ3v) is 3.03. The van der Waals surface area contributed by atoms with Gasteiger partial charge in [0, 0.05) is 10.7 Å². The molecule has 0 bridgehead atoms. The van der Waals surface area contributed by atoms with E-state index < -0.39 is 42.2 Å². The second kappa shape index (κ2) is 4.37. The molecule has 0 spiro atoms. The van der Waals surface area contributed by atoms with Crippen LogP contribution in [0.1, 0.15) is 12.1 Å². The quantitative estimate of drug-likeness (QED) is 0.509. The Hall–Kier alpha value is -1.55. The van der Waals surface area contributed by atoms with Gasteiger partial charge in [0.15, 0.2) is 10.6 Å². The summed E-state index contributed by atoms with van der Waals surface area (Å²) in [5.41, 5.74) is -2.88. The first kappa shape index (κ1) is 13.5. The lowest BCUT2D eigenvalue weighted by Gasteiger charge is -2.03. The fourth-order valence-corrected chi connectivity index (χ4v) is 2.24. The third-order valence-electron chi connectivity index (χ3n) is 1.66.